The molecule has 0 bridgehead atoms. The number of rotatable bonds is 10. The van der Waals surface area contributed by atoms with Gasteiger partial charge >= 0.3 is 0 Å². The maximum absolute atomic E-state index is 9.72. The monoisotopic (exact) mass is 301 g/mol. The van der Waals surface area contributed by atoms with Gasteiger partial charge < -0.3 is 20.3 Å². The highest BCUT2D eigenvalue weighted by atomic mass is 35.5. The molecular formula is C15H24ClNO3. The molecule has 0 radical (unpaired) electrons. The lowest BCUT2D eigenvalue weighted by Gasteiger charge is -2.13. The molecule has 0 saturated carbocycles. The molecule has 2 atom stereocenters. The van der Waals surface area contributed by atoms with Gasteiger partial charge in [0.15, 0.2) is 0 Å². The van der Waals surface area contributed by atoms with Crippen molar-refractivity contribution in [2.24, 2.45) is 0 Å². The van der Waals surface area contributed by atoms with E-state index in [-0.39, 0.29) is 12.7 Å². The van der Waals surface area contributed by atoms with Gasteiger partial charge in [-0.2, -0.15) is 0 Å². The van der Waals surface area contributed by atoms with Crippen LogP contribution in [0.3, 0.4) is 0 Å². The molecule has 0 aliphatic heterocycles. The van der Waals surface area contributed by atoms with Gasteiger partial charge in [0.25, 0.3) is 0 Å². The lowest BCUT2D eigenvalue weighted by Crippen LogP contribution is -2.32. The van der Waals surface area contributed by atoms with E-state index in [1.165, 1.54) is 0 Å². The number of aliphatic hydroxyl groups excluding tert-OH is 2. The molecule has 2 unspecified atom stereocenters. The minimum Gasteiger partial charge on any atom is -0.393 e. The van der Waals surface area contributed by atoms with Crippen molar-refractivity contribution < 1.29 is 14.9 Å². The molecular weight excluding hydrogens is 278 g/mol. The molecule has 114 valence electrons. The molecule has 0 aliphatic carbocycles. The van der Waals surface area contributed by atoms with Crippen LogP contribution in [0.1, 0.15) is 25.3 Å². The first kappa shape index (κ1) is 17.4. The topological polar surface area (TPSA) is 61.7 Å². The van der Waals surface area contributed by atoms with Gasteiger partial charge in [-0.25, -0.2) is 0 Å². The van der Waals surface area contributed by atoms with E-state index >= 15 is 0 Å². The molecule has 4 nitrogen and oxygen atoms in total. The second-order valence-electron chi connectivity index (χ2n) is 4.85. The molecule has 0 spiro atoms. The van der Waals surface area contributed by atoms with Crippen molar-refractivity contribution in [3.8, 4) is 0 Å². The van der Waals surface area contributed by atoms with Crippen molar-refractivity contribution in [1.29, 1.82) is 0 Å². The average Bonchev–Trinajstić information content (AvgIpc) is 2.45. The molecule has 0 aliphatic rings. The van der Waals surface area contributed by atoms with Crippen molar-refractivity contribution >= 4 is 11.6 Å². The van der Waals surface area contributed by atoms with Gasteiger partial charge in [0, 0.05) is 11.6 Å². The first-order valence-corrected chi connectivity index (χ1v) is 7.38. The van der Waals surface area contributed by atoms with Crippen molar-refractivity contribution in [3.05, 3.63) is 34.9 Å². The van der Waals surface area contributed by atoms with E-state index < -0.39 is 6.10 Å². The summed E-state index contributed by atoms with van der Waals surface area (Å²) in [5.74, 6) is 0. The smallest absolute Gasteiger partial charge is 0.0897 e. The van der Waals surface area contributed by atoms with Crippen LogP contribution in [0.4, 0.5) is 0 Å². The molecule has 3 N–H and O–H groups in total. The van der Waals surface area contributed by atoms with Gasteiger partial charge in [0.05, 0.1) is 25.4 Å². The fourth-order valence-electron chi connectivity index (χ4n) is 1.69. The van der Waals surface area contributed by atoms with Crippen LogP contribution in [0.5, 0.6) is 0 Å². The SMILES string of the molecule is CCC(O)CCNCC(O)COCc1ccc(Cl)cc1. The second kappa shape index (κ2) is 10.1. The maximum Gasteiger partial charge on any atom is 0.0897 e. The summed E-state index contributed by atoms with van der Waals surface area (Å²) in [4.78, 5) is 0. The zero-order valence-electron chi connectivity index (χ0n) is 11.9. The summed E-state index contributed by atoms with van der Waals surface area (Å²) in [5, 5.41) is 22.9. The molecule has 20 heavy (non-hydrogen) atoms. The minimum atomic E-state index is -0.541. The lowest BCUT2D eigenvalue weighted by atomic mass is 10.2. The number of ether oxygens (including phenoxy) is 1. The summed E-state index contributed by atoms with van der Waals surface area (Å²) >= 11 is 5.79. The standard InChI is InChI=1S/C15H24ClNO3/c1-2-14(18)7-8-17-9-15(19)11-20-10-12-3-5-13(16)6-4-12/h3-6,14-15,17-19H,2,7-11H2,1H3. The predicted molar refractivity (Wildman–Crippen MR) is 80.9 cm³/mol. The Labute approximate surface area is 125 Å². The van der Waals surface area contributed by atoms with Gasteiger partial charge in [-0.15, -0.1) is 0 Å². The van der Waals surface area contributed by atoms with Crippen molar-refractivity contribution in [1.82, 2.24) is 5.32 Å². The number of aliphatic hydroxyl groups is 2. The molecule has 1 aromatic carbocycles. The average molecular weight is 302 g/mol. The maximum atomic E-state index is 9.72. The van der Waals surface area contributed by atoms with Crippen LogP contribution in [0.15, 0.2) is 24.3 Å². The van der Waals surface area contributed by atoms with E-state index in [9.17, 15) is 10.2 Å². The lowest BCUT2D eigenvalue weighted by molar-refractivity contribution is 0.0285. The zero-order valence-corrected chi connectivity index (χ0v) is 12.6. The molecule has 0 amide bonds. The van der Waals surface area contributed by atoms with Crippen LogP contribution in [-0.4, -0.2) is 42.1 Å². The molecule has 0 saturated heterocycles. The van der Waals surface area contributed by atoms with E-state index in [4.69, 9.17) is 16.3 Å². The predicted octanol–water partition coefficient (Wildman–Crippen LogP) is 1.97. The Kier molecular flexibility index (Phi) is 8.82. The van der Waals surface area contributed by atoms with Crippen molar-refractivity contribution in [2.75, 3.05) is 19.7 Å². The Morgan fingerprint density at radius 1 is 1.20 bits per heavy atom. The second-order valence-corrected chi connectivity index (χ2v) is 5.29. The Hall–Kier alpha value is -0.650. The van der Waals surface area contributed by atoms with Gasteiger partial charge in [-0.1, -0.05) is 30.7 Å². The van der Waals surface area contributed by atoms with E-state index in [0.29, 0.717) is 31.1 Å². The molecule has 0 aromatic heterocycles. The molecule has 0 heterocycles. The quantitative estimate of drug-likeness (QED) is 0.578. The van der Waals surface area contributed by atoms with Crippen LogP contribution in [0.25, 0.3) is 0 Å². The third-order valence-electron chi connectivity index (χ3n) is 3.00. The first-order valence-electron chi connectivity index (χ1n) is 7.00. The Bertz CT molecular complexity index is 359. The fourth-order valence-corrected chi connectivity index (χ4v) is 1.82. The molecule has 1 aromatic rings. The summed E-state index contributed by atoms with van der Waals surface area (Å²) in [6.45, 7) is 3.86. The van der Waals surface area contributed by atoms with Crippen LogP contribution in [-0.2, 0) is 11.3 Å². The normalized spacial score (nSPS) is 14.2. The van der Waals surface area contributed by atoms with Crippen molar-refractivity contribution in [2.45, 2.75) is 38.6 Å². The van der Waals surface area contributed by atoms with E-state index in [2.05, 4.69) is 5.32 Å². The Morgan fingerprint density at radius 2 is 1.90 bits per heavy atom. The van der Waals surface area contributed by atoms with E-state index in [0.717, 1.165) is 12.0 Å². The highest BCUT2D eigenvalue weighted by Crippen LogP contribution is 2.10. The number of benzene rings is 1. The first-order chi connectivity index (χ1) is 9.61. The fraction of sp³-hybridized carbons (Fsp3) is 0.600. The minimum absolute atomic E-state index is 0.263. The van der Waals surface area contributed by atoms with Crippen LogP contribution in [0.2, 0.25) is 5.02 Å². The van der Waals surface area contributed by atoms with Gasteiger partial charge in [0.2, 0.25) is 0 Å². The Balaban J connectivity index is 2.05. The Morgan fingerprint density at radius 3 is 2.55 bits per heavy atom. The van der Waals surface area contributed by atoms with Gasteiger partial charge in [-0.3, -0.25) is 0 Å². The summed E-state index contributed by atoms with van der Waals surface area (Å²) in [6.07, 6.45) is 0.658. The van der Waals surface area contributed by atoms with E-state index in [1.807, 2.05) is 31.2 Å². The summed E-state index contributed by atoms with van der Waals surface area (Å²) in [5.41, 5.74) is 1.03. The van der Waals surface area contributed by atoms with Crippen LogP contribution >= 0.6 is 11.6 Å². The summed E-state index contributed by atoms with van der Waals surface area (Å²) in [7, 11) is 0. The largest absolute Gasteiger partial charge is 0.393 e. The molecule has 0 fully saturated rings. The zero-order chi connectivity index (χ0) is 14.8. The van der Waals surface area contributed by atoms with Crippen molar-refractivity contribution in [3.63, 3.8) is 0 Å². The number of hydrogen-bond acceptors (Lipinski definition) is 4. The number of halogens is 1. The number of nitrogens with one attached hydrogen (secondary N) is 1. The van der Waals surface area contributed by atoms with Crippen LogP contribution < -0.4 is 5.32 Å². The van der Waals surface area contributed by atoms with Crippen LogP contribution in [0, 0.1) is 0 Å². The third-order valence-corrected chi connectivity index (χ3v) is 3.25. The highest BCUT2D eigenvalue weighted by molar-refractivity contribution is 6.30. The summed E-state index contributed by atoms with van der Waals surface area (Å²) in [6, 6.07) is 7.44. The number of hydrogen-bond donors (Lipinski definition) is 3. The van der Waals surface area contributed by atoms with Gasteiger partial charge in [-0.05, 0) is 37.1 Å². The van der Waals surface area contributed by atoms with E-state index in [1.54, 1.807) is 0 Å². The molecule has 5 heteroatoms. The summed E-state index contributed by atoms with van der Waals surface area (Å²) < 4.78 is 5.44. The van der Waals surface area contributed by atoms with Gasteiger partial charge in [0.1, 0.15) is 0 Å². The highest BCUT2D eigenvalue weighted by Gasteiger charge is 2.05. The molecule has 1 rings (SSSR count). The third kappa shape index (κ3) is 7.82.